The van der Waals surface area contributed by atoms with Gasteiger partial charge in [-0.05, 0) is 5.56 Å². The third-order valence-electron chi connectivity index (χ3n) is 1.69. The zero-order valence-corrected chi connectivity index (χ0v) is 6.92. The molecule has 4 heteroatoms. The highest BCUT2D eigenvalue weighted by atomic mass is 16.8. The summed E-state index contributed by atoms with van der Waals surface area (Å²) < 4.78 is 0. The SMILES string of the molecule is O=[C][C@H](Cc1ccccc1)N(O)O. The van der Waals surface area contributed by atoms with Gasteiger partial charge >= 0.3 is 0 Å². The number of hydroxylamine groups is 2. The van der Waals surface area contributed by atoms with E-state index in [1.807, 2.05) is 18.2 Å². The minimum absolute atomic E-state index is 0.125. The van der Waals surface area contributed by atoms with E-state index in [1.165, 1.54) is 6.29 Å². The van der Waals surface area contributed by atoms with Crippen LogP contribution in [0.1, 0.15) is 5.56 Å². The van der Waals surface area contributed by atoms with Crippen molar-refractivity contribution in [2.75, 3.05) is 0 Å². The number of benzene rings is 1. The van der Waals surface area contributed by atoms with Gasteiger partial charge in [-0.2, -0.15) is 0 Å². The molecule has 0 aliphatic rings. The Morgan fingerprint density at radius 2 is 1.92 bits per heavy atom. The molecular weight excluding hydrogens is 170 g/mol. The first-order valence-corrected chi connectivity index (χ1v) is 3.82. The topological polar surface area (TPSA) is 60.8 Å². The number of nitrogens with zero attached hydrogens (tertiary/aromatic N) is 1. The van der Waals surface area contributed by atoms with Crippen LogP contribution in [0.2, 0.25) is 0 Å². The predicted octanol–water partition coefficient (Wildman–Crippen LogP) is 0.788. The lowest BCUT2D eigenvalue weighted by Crippen LogP contribution is -2.32. The van der Waals surface area contributed by atoms with Gasteiger partial charge in [0.25, 0.3) is 0 Å². The summed E-state index contributed by atoms with van der Waals surface area (Å²) in [5.41, 5.74) is 0.851. The summed E-state index contributed by atoms with van der Waals surface area (Å²) in [7, 11) is 0. The molecule has 0 bridgehead atoms. The van der Waals surface area contributed by atoms with E-state index in [9.17, 15) is 4.79 Å². The summed E-state index contributed by atoms with van der Waals surface area (Å²) in [6.45, 7) is 0. The van der Waals surface area contributed by atoms with Crippen molar-refractivity contribution in [3.05, 3.63) is 35.9 Å². The molecule has 2 N–H and O–H groups in total. The van der Waals surface area contributed by atoms with Crippen molar-refractivity contribution in [2.45, 2.75) is 12.5 Å². The van der Waals surface area contributed by atoms with E-state index < -0.39 is 6.04 Å². The number of carbonyl (C=O) groups excluding carboxylic acids is 1. The van der Waals surface area contributed by atoms with E-state index in [2.05, 4.69) is 0 Å². The first-order valence-electron chi connectivity index (χ1n) is 3.82. The molecule has 0 fully saturated rings. The van der Waals surface area contributed by atoms with Gasteiger partial charge in [0.15, 0.2) is 0 Å². The van der Waals surface area contributed by atoms with Gasteiger partial charge in [-0.15, -0.1) is 0 Å². The van der Waals surface area contributed by atoms with Gasteiger partial charge in [-0.3, -0.25) is 15.2 Å². The summed E-state index contributed by atoms with van der Waals surface area (Å²) in [5, 5.41) is 17.1. The molecular formula is C9H10NO3. The van der Waals surface area contributed by atoms with Crippen LogP contribution < -0.4 is 0 Å². The van der Waals surface area contributed by atoms with Gasteiger partial charge in [0.1, 0.15) is 6.04 Å². The molecule has 0 aliphatic heterocycles. The maximum atomic E-state index is 10.3. The number of rotatable bonds is 4. The Balaban J connectivity index is 2.62. The van der Waals surface area contributed by atoms with Crippen LogP contribution in [-0.2, 0) is 11.2 Å². The van der Waals surface area contributed by atoms with Crippen LogP contribution >= 0.6 is 0 Å². The molecule has 0 unspecified atom stereocenters. The minimum Gasteiger partial charge on any atom is -0.289 e. The Morgan fingerprint density at radius 1 is 1.31 bits per heavy atom. The maximum absolute atomic E-state index is 10.3. The monoisotopic (exact) mass is 180 g/mol. The Hall–Kier alpha value is -1.23. The van der Waals surface area contributed by atoms with Crippen LogP contribution in [0.5, 0.6) is 0 Å². The fraction of sp³-hybridized carbons (Fsp3) is 0.222. The molecule has 0 saturated heterocycles. The van der Waals surface area contributed by atoms with E-state index in [4.69, 9.17) is 10.4 Å². The molecule has 0 aliphatic carbocycles. The largest absolute Gasteiger partial charge is 0.289 e. The van der Waals surface area contributed by atoms with Crippen molar-refractivity contribution in [1.29, 1.82) is 0 Å². The molecule has 0 aromatic heterocycles. The average molecular weight is 180 g/mol. The van der Waals surface area contributed by atoms with Crippen LogP contribution in [0, 0.1) is 0 Å². The van der Waals surface area contributed by atoms with Crippen molar-refractivity contribution in [2.24, 2.45) is 0 Å². The van der Waals surface area contributed by atoms with Crippen molar-refractivity contribution >= 4 is 6.29 Å². The molecule has 4 nitrogen and oxygen atoms in total. The number of hydrogen-bond acceptors (Lipinski definition) is 4. The highest BCUT2D eigenvalue weighted by molar-refractivity contribution is 5.58. The summed E-state index contributed by atoms with van der Waals surface area (Å²) >= 11 is 0. The molecule has 13 heavy (non-hydrogen) atoms. The van der Waals surface area contributed by atoms with Crippen LogP contribution in [-0.4, -0.2) is 28.0 Å². The standard InChI is InChI=1S/C9H10NO3/c11-7-9(10(12)13)6-8-4-2-1-3-5-8/h1-5,9,12-13H,6H2/t9-/m0/s1. The fourth-order valence-corrected chi connectivity index (χ4v) is 1.01. The zero-order valence-electron chi connectivity index (χ0n) is 6.92. The second-order valence-corrected chi connectivity index (χ2v) is 2.64. The minimum atomic E-state index is -1.03. The Morgan fingerprint density at radius 3 is 2.38 bits per heavy atom. The summed E-state index contributed by atoms with van der Waals surface area (Å²) in [5.74, 6) is 0. The molecule has 0 amide bonds. The third-order valence-corrected chi connectivity index (χ3v) is 1.69. The first-order chi connectivity index (χ1) is 6.24. The fourth-order valence-electron chi connectivity index (χ4n) is 1.01. The quantitative estimate of drug-likeness (QED) is 0.672. The lowest BCUT2D eigenvalue weighted by molar-refractivity contribution is -0.318. The Kier molecular flexibility index (Phi) is 3.57. The normalized spacial score (nSPS) is 12.8. The molecule has 1 atom stereocenters. The van der Waals surface area contributed by atoms with Gasteiger partial charge in [-0.1, -0.05) is 35.6 Å². The molecule has 0 heterocycles. The average Bonchev–Trinajstić information content (AvgIpc) is 2.15. The molecule has 0 saturated carbocycles. The van der Waals surface area contributed by atoms with Gasteiger partial charge in [-0.25, -0.2) is 0 Å². The van der Waals surface area contributed by atoms with E-state index in [1.54, 1.807) is 12.1 Å². The van der Waals surface area contributed by atoms with Crippen molar-refractivity contribution in [1.82, 2.24) is 5.23 Å². The second-order valence-electron chi connectivity index (χ2n) is 2.64. The zero-order chi connectivity index (χ0) is 9.68. The van der Waals surface area contributed by atoms with Crippen LogP contribution in [0.4, 0.5) is 0 Å². The molecule has 1 aromatic carbocycles. The van der Waals surface area contributed by atoms with Gasteiger partial charge in [0.2, 0.25) is 6.29 Å². The highest BCUT2D eigenvalue weighted by Gasteiger charge is 2.14. The molecule has 1 rings (SSSR count). The van der Waals surface area contributed by atoms with Crippen LogP contribution in [0.25, 0.3) is 0 Å². The second kappa shape index (κ2) is 4.71. The van der Waals surface area contributed by atoms with Crippen molar-refractivity contribution < 1.29 is 15.2 Å². The number of hydrogen-bond donors (Lipinski definition) is 2. The smallest absolute Gasteiger partial charge is 0.222 e. The van der Waals surface area contributed by atoms with Crippen LogP contribution in [0.3, 0.4) is 0 Å². The van der Waals surface area contributed by atoms with Gasteiger partial charge in [0.05, 0.1) is 0 Å². The predicted molar refractivity (Wildman–Crippen MR) is 45.0 cm³/mol. The summed E-state index contributed by atoms with van der Waals surface area (Å²) in [6.07, 6.45) is 1.76. The lowest BCUT2D eigenvalue weighted by atomic mass is 10.1. The summed E-state index contributed by atoms with van der Waals surface area (Å²) in [4.78, 5) is 10.3. The van der Waals surface area contributed by atoms with E-state index >= 15 is 0 Å². The van der Waals surface area contributed by atoms with E-state index in [0.717, 1.165) is 5.56 Å². The summed E-state index contributed by atoms with van der Waals surface area (Å²) in [6, 6.07) is 8.05. The highest BCUT2D eigenvalue weighted by Crippen LogP contribution is 2.04. The third kappa shape index (κ3) is 2.95. The lowest BCUT2D eigenvalue weighted by Gasteiger charge is -2.13. The molecule has 0 spiro atoms. The van der Waals surface area contributed by atoms with E-state index in [0.29, 0.717) is 0 Å². The van der Waals surface area contributed by atoms with Crippen molar-refractivity contribution in [3.8, 4) is 0 Å². The van der Waals surface area contributed by atoms with Gasteiger partial charge < -0.3 is 0 Å². The van der Waals surface area contributed by atoms with Crippen LogP contribution in [0.15, 0.2) is 30.3 Å². The Bertz CT molecular complexity index is 261. The van der Waals surface area contributed by atoms with Gasteiger partial charge in [0, 0.05) is 6.42 Å². The Labute approximate surface area is 75.9 Å². The van der Waals surface area contributed by atoms with Crippen molar-refractivity contribution in [3.63, 3.8) is 0 Å². The van der Waals surface area contributed by atoms with E-state index in [-0.39, 0.29) is 11.6 Å². The molecule has 69 valence electrons. The first kappa shape index (κ1) is 9.85. The maximum Gasteiger partial charge on any atom is 0.222 e. The molecule has 1 aromatic rings. The molecule has 1 radical (unpaired) electrons.